The molecule has 0 aliphatic carbocycles. The highest BCUT2D eigenvalue weighted by Gasteiger charge is 2.08. The fourth-order valence-electron chi connectivity index (χ4n) is 1.59. The number of nitrogens with one attached hydrogen (secondary N) is 2. The normalized spacial score (nSPS) is 10.2. The summed E-state index contributed by atoms with van der Waals surface area (Å²) in [6, 6.07) is 5.36. The molecule has 1 heterocycles. The van der Waals surface area contributed by atoms with Crippen LogP contribution in [0.3, 0.4) is 0 Å². The van der Waals surface area contributed by atoms with Gasteiger partial charge < -0.3 is 15.4 Å². The van der Waals surface area contributed by atoms with Crippen molar-refractivity contribution in [3.8, 4) is 5.75 Å². The van der Waals surface area contributed by atoms with Crippen LogP contribution < -0.4 is 15.4 Å². The third-order valence-electron chi connectivity index (χ3n) is 2.45. The zero-order chi connectivity index (χ0) is 14.5. The van der Waals surface area contributed by atoms with Gasteiger partial charge in [0.1, 0.15) is 5.75 Å². The summed E-state index contributed by atoms with van der Waals surface area (Å²) >= 11 is 3.37. The van der Waals surface area contributed by atoms with Crippen LogP contribution in [0.25, 0.3) is 0 Å². The minimum absolute atomic E-state index is 0.108. The molecule has 0 spiro atoms. The fourth-order valence-corrected chi connectivity index (χ4v) is 2.06. The van der Waals surface area contributed by atoms with Crippen LogP contribution in [0.1, 0.15) is 6.92 Å². The predicted octanol–water partition coefficient (Wildman–Crippen LogP) is 3.56. The van der Waals surface area contributed by atoms with Crippen molar-refractivity contribution in [2.24, 2.45) is 0 Å². The highest BCUT2D eigenvalue weighted by atomic mass is 79.9. The van der Waals surface area contributed by atoms with Crippen molar-refractivity contribution in [2.75, 3.05) is 24.3 Å². The molecule has 5 nitrogen and oxygen atoms in total. The van der Waals surface area contributed by atoms with Crippen LogP contribution in [0.15, 0.2) is 28.9 Å². The zero-order valence-corrected chi connectivity index (χ0v) is 12.7. The molecule has 0 saturated carbocycles. The monoisotopic (exact) mass is 340 g/mol. The van der Waals surface area contributed by atoms with Gasteiger partial charge in [0.05, 0.1) is 13.3 Å². The van der Waals surface area contributed by atoms with E-state index >= 15 is 0 Å². The summed E-state index contributed by atoms with van der Waals surface area (Å²) < 4.78 is 19.7. The largest absolute Gasteiger partial charge is 0.497 e. The maximum atomic E-state index is 13.7. The summed E-state index contributed by atoms with van der Waals surface area (Å²) in [5.74, 6) is 0.614. The van der Waals surface area contributed by atoms with E-state index in [1.807, 2.05) is 13.0 Å². The average molecular weight is 341 g/mol. The third kappa shape index (κ3) is 3.57. The summed E-state index contributed by atoms with van der Waals surface area (Å²) in [7, 11) is 1.57. The van der Waals surface area contributed by atoms with Crippen molar-refractivity contribution in [3.05, 3.63) is 34.7 Å². The first-order chi connectivity index (χ1) is 9.62. The predicted molar refractivity (Wildman–Crippen MR) is 80.1 cm³/mol. The summed E-state index contributed by atoms with van der Waals surface area (Å²) in [5, 5.41) is 5.84. The lowest BCUT2D eigenvalue weighted by Crippen LogP contribution is -2.06. The Kier molecular flexibility index (Phi) is 4.73. The van der Waals surface area contributed by atoms with E-state index in [1.165, 1.54) is 0 Å². The molecule has 0 atom stereocenters. The van der Waals surface area contributed by atoms with Crippen molar-refractivity contribution in [2.45, 2.75) is 6.92 Å². The van der Waals surface area contributed by atoms with E-state index in [2.05, 4.69) is 36.5 Å². The van der Waals surface area contributed by atoms with Crippen LogP contribution in [0.2, 0.25) is 0 Å². The molecule has 0 radical (unpaired) electrons. The molecule has 7 heteroatoms. The number of halogens is 2. The molecule has 20 heavy (non-hydrogen) atoms. The number of nitrogens with zero attached hydrogens (tertiary/aromatic N) is 2. The molecular weight excluding hydrogens is 327 g/mol. The summed E-state index contributed by atoms with van der Waals surface area (Å²) in [6.07, 6.45) is 1.13. The Labute approximate surface area is 124 Å². The maximum Gasteiger partial charge on any atom is 0.224 e. The molecule has 2 N–H and O–H groups in total. The molecule has 0 aliphatic heterocycles. The maximum absolute atomic E-state index is 13.7. The molecular formula is C13H14BrFN4O. The Bertz CT molecular complexity index is 609. The number of hydrogen-bond donors (Lipinski definition) is 2. The number of benzene rings is 1. The Balaban J connectivity index is 2.29. The molecule has 0 aliphatic rings. The van der Waals surface area contributed by atoms with Crippen LogP contribution >= 0.6 is 15.9 Å². The van der Waals surface area contributed by atoms with E-state index < -0.39 is 5.82 Å². The van der Waals surface area contributed by atoms with E-state index in [0.717, 1.165) is 10.7 Å². The molecule has 2 rings (SSSR count). The highest BCUT2D eigenvalue weighted by Crippen LogP contribution is 2.27. The number of aromatic nitrogens is 2. The van der Waals surface area contributed by atoms with E-state index in [0.29, 0.717) is 23.9 Å². The van der Waals surface area contributed by atoms with Gasteiger partial charge in [0.25, 0.3) is 0 Å². The summed E-state index contributed by atoms with van der Waals surface area (Å²) in [4.78, 5) is 7.93. The number of methoxy groups -OCH3 is 1. The zero-order valence-electron chi connectivity index (χ0n) is 11.1. The van der Waals surface area contributed by atoms with Gasteiger partial charge in [-0.3, -0.25) is 0 Å². The van der Waals surface area contributed by atoms with Gasteiger partial charge in [0.15, 0.2) is 11.6 Å². The second-order valence-corrected chi connectivity index (χ2v) is 4.84. The fraction of sp³-hybridized carbons (Fsp3) is 0.231. The Morgan fingerprint density at radius 3 is 2.85 bits per heavy atom. The number of rotatable bonds is 5. The Morgan fingerprint density at radius 1 is 1.35 bits per heavy atom. The van der Waals surface area contributed by atoms with Crippen LogP contribution in [0.4, 0.5) is 21.8 Å². The minimum Gasteiger partial charge on any atom is -0.497 e. The first-order valence-electron chi connectivity index (χ1n) is 6.00. The van der Waals surface area contributed by atoms with E-state index in [9.17, 15) is 4.39 Å². The Hall–Kier alpha value is -1.89. The standard InChI is InChI=1S/C13H14BrFN4O/c1-3-16-13-17-7-11(15)12(19-13)18-9-4-8(14)5-10(6-9)20-2/h4-7H,3H2,1-2H3,(H2,16,17,18,19). The van der Waals surface area contributed by atoms with Crippen LogP contribution in [-0.2, 0) is 0 Å². The minimum atomic E-state index is -0.523. The SMILES string of the molecule is CCNc1ncc(F)c(Nc2cc(Br)cc(OC)c2)n1. The first-order valence-corrected chi connectivity index (χ1v) is 6.79. The van der Waals surface area contributed by atoms with Gasteiger partial charge >= 0.3 is 0 Å². The number of anilines is 3. The lowest BCUT2D eigenvalue weighted by Gasteiger charge is -2.10. The van der Waals surface area contributed by atoms with E-state index in [1.54, 1.807) is 19.2 Å². The molecule has 1 aromatic carbocycles. The molecule has 1 aromatic heterocycles. The first kappa shape index (κ1) is 14.5. The van der Waals surface area contributed by atoms with Gasteiger partial charge in [-0.25, -0.2) is 9.37 Å². The number of hydrogen-bond acceptors (Lipinski definition) is 5. The quantitative estimate of drug-likeness (QED) is 0.871. The third-order valence-corrected chi connectivity index (χ3v) is 2.91. The lowest BCUT2D eigenvalue weighted by molar-refractivity contribution is 0.415. The van der Waals surface area contributed by atoms with E-state index in [4.69, 9.17) is 4.74 Å². The molecule has 0 fully saturated rings. The number of ether oxygens (including phenoxy) is 1. The smallest absolute Gasteiger partial charge is 0.224 e. The van der Waals surface area contributed by atoms with Gasteiger partial charge in [-0.15, -0.1) is 0 Å². The topological polar surface area (TPSA) is 59.1 Å². The Morgan fingerprint density at radius 2 is 2.15 bits per heavy atom. The molecule has 0 saturated heterocycles. The second-order valence-electron chi connectivity index (χ2n) is 3.93. The van der Waals surface area contributed by atoms with E-state index in [-0.39, 0.29) is 5.82 Å². The summed E-state index contributed by atoms with van der Waals surface area (Å²) in [5.41, 5.74) is 0.663. The van der Waals surface area contributed by atoms with Crippen molar-refractivity contribution >= 4 is 33.4 Å². The summed E-state index contributed by atoms with van der Waals surface area (Å²) in [6.45, 7) is 2.58. The van der Waals surface area contributed by atoms with Gasteiger partial charge in [0.2, 0.25) is 5.95 Å². The molecule has 0 bridgehead atoms. The molecule has 0 amide bonds. The molecule has 106 valence electrons. The van der Waals surface area contributed by atoms with Crippen molar-refractivity contribution in [1.82, 2.24) is 9.97 Å². The van der Waals surface area contributed by atoms with Crippen molar-refractivity contribution in [3.63, 3.8) is 0 Å². The highest BCUT2D eigenvalue weighted by molar-refractivity contribution is 9.10. The molecule has 0 unspecified atom stereocenters. The molecule has 2 aromatic rings. The van der Waals surface area contributed by atoms with Gasteiger partial charge in [-0.1, -0.05) is 15.9 Å². The van der Waals surface area contributed by atoms with Crippen molar-refractivity contribution in [1.29, 1.82) is 0 Å². The van der Waals surface area contributed by atoms with Gasteiger partial charge in [-0.05, 0) is 19.1 Å². The average Bonchev–Trinajstić information content (AvgIpc) is 2.42. The van der Waals surface area contributed by atoms with Crippen molar-refractivity contribution < 1.29 is 9.13 Å². The lowest BCUT2D eigenvalue weighted by atomic mass is 10.3. The van der Waals surface area contributed by atoms with Crippen LogP contribution in [0, 0.1) is 5.82 Å². The van der Waals surface area contributed by atoms with Gasteiger partial charge in [0, 0.05) is 22.8 Å². The second kappa shape index (κ2) is 6.51. The van der Waals surface area contributed by atoms with Gasteiger partial charge in [-0.2, -0.15) is 4.98 Å². The van der Waals surface area contributed by atoms with Crippen LogP contribution in [-0.4, -0.2) is 23.6 Å². The van der Waals surface area contributed by atoms with Crippen LogP contribution in [0.5, 0.6) is 5.75 Å².